The summed E-state index contributed by atoms with van der Waals surface area (Å²) in [6, 6.07) is 0. The van der Waals surface area contributed by atoms with Crippen molar-refractivity contribution in [3.05, 3.63) is 47.0 Å². The lowest BCUT2D eigenvalue weighted by atomic mass is 10.1. The van der Waals surface area contributed by atoms with Crippen molar-refractivity contribution in [3.63, 3.8) is 0 Å². The number of carbonyl (C=O) groups excluding carboxylic acids is 1. The van der Waals surface area contributed by atoms with Gasteiger partial charge in [0.25, 0.3) is 0 Å². The normalized spacial score (nSPS) is 12.2. The highest BCUT2D eigenvalue weighted by Crippen LogP contribution is 2.18. The highest BCUT2D eigenvalue weighted by atomic mass is 16.5. The molecule has 1 heterocycles. The lowest BCUT2D eigenvalue weighted by Gasteiger charge is -2.08. The molecule has 3 N–H and O–H groups in total. The van der Waals surface area contributed by atoms with Crippen molar-refractivity contribution in [3.8, 4) is 0 Å². The second-order valence-corrected chi connectivity index (χ2v) is 4.85. The van der Waals surface area contributed by atoms with Crippen molar-refractivity contribution in [1.82, 2.24) is 5.16 Å². The Labute approximate surface area is 124 Å². The molecule has 6 nitrogen and oxygen atoms in total. The molecule has 1 rings (SSSR count). The van der Waals surface area contributed by atoms with Crippen LogP contribution >= 0.6 is 0 Å². The number of ether oxygens (including phenoxy) is 1. The zero-order valence-electron chi connectivity index (χ0n) is 12.8. The first kappa shape index (κ1) is 16.6. The van der Waals surface area contributed by atoms with E-state index in [-0.39, 0.29) is 6.61 Å². The van der Waals surface area contributed by atoms with Gasteiger partial charge in [0.05, 0.1) is 0 Å². The lowest BCUT2D eigenvalue weighted by molar-refractivity contribution is 0.172. The summed E-state index contributed by atoms with van der Waals surface area (Å²) in [6.07, 6.45) is 2.96. The Morgan fingerprint density at radius 1 is 1.43 bits per heavy atom. The molecule has 0 saturated heterocycles. The number of aryl methyl sites for hydroxylation is 2. The minimum atomic E-state index is -0.583. The van der Waals surface area contributed by atoms with Crippen LogP contribution in [0.2, 0.25) is 0 Å². The number of nitrogens with two attached hydrogens (primary N) is 1. The highest BCUT2D eigenvalue weighted by molar-refractivity contribution is 5.86. The van der Waals surface area contributed by atoms with Crippen LogP contribution in [0.1, 0.15) is 25.3 Å². The lowest BCUT2D eigenvalue weighted by Crippen LogP contribution is -2.16. The van der Waals surface area contributed by atoms with Crippen LogP contribution in [0.3, 0.4) is 0 Å². The fraction of sp³-hybridized carbons (Fsp3) is 0.333. The molecule has 114 valence electrons. The number of rotatable bonds is 5. The molecule has 0 fully saturated rings. The molecule has 0 radical (unpaired) electrons. The predicted molar refractivity (Wildman–Crippen MR) is 81.8 cm³/mol. The molecule has 0 aliphatic rings. The Kier molecular flexibility index (Phi) is 5.78. The first-order valence-corrected chi connectivity index (χ1v) is 6.46. The summed E-state index contributed by atoms with van der Waals surface area (Å²) in [7, 11) is 0. The van der Waals surface area contributed by atoms with E-state index in [0.717, 1.165) is 11.1 Å². The fourth-order valence-corrected chi connectivity index (χ4v) is 1.68. The van der Waals surface area contributed by atoms with Crippen LogP contribution in [0.15, 0.2) is 40.1 Å². The summed E-state index contributed by atoms with van der Waals surface area (Å²) in [5, 5.41) is 6.35. The maximum atomic E-state index is 11.8. The van der Waals surface area contributed by atoms with Gasteiger partial charge in [-0.15, -0.1) is 0 Å². The molecule has 1 aromatic heterocycles. The molecule has 0 aliphatic heterocycles. The van der Waals surface area contributed by atoms with Crippen molar-refractivity contribution in [2.24, 2.45) is 5.73 Å². The van der Waals surface area contributed by atoms with Gasteiger partial charge in [-0.25, -0.2) is 4.79 Å². The van der Waals surface area contributed by atoms with E-state index in [1.54, 1.807) is 32.9 Å². The smallest absolute Gasteiger partial charge is 0.412 e. The first-order chi connectivity index (χ1) is 9.79. The summed E-state index contributed by atoms with van der Waals surface area (Å²) in [5.41, 5.74) is 8.99. The third-order valence-electron chi connectivity index (χ3n) is 2.48. The number of hydrogen-bond acceptors (Lipinski definition) is 5. The van der Waals surface area contributed by atoms with E-state index in [4.69, 9.17) is 15.0 Å². The number of carbonyl (C=O) groups is 1. The maximum absolute atomic E-state index is 11.8. The van der Waals surface area contributed by atoms with Gasteiger partial charge < -0.3 is 15.0 Å². The quantitative estimate of drug-likeness (QED) is 0.813. The van der Waals surface area contributed by atoms with Crippen LogP contribution in [-0.4, -0.2) is 17.9 Å². The number of amides is 1. The number of nitrogens with one attached hydrogen (secondary N) is 1. The van der Waals surface area contributed by atoms with Crippen LogP contribution in [0, 0.1) is 13.8 Å². The summed E-state index contributed by atoms with van der Waals surface area (Å²) in [4.78, 5) is 11.8. The van der Waals surface area contributed by atoms with E-state index in [1.807, 2.05) is 6.92 Å². The van der Waals surface area contributed by atoms with Crippen molar-refractivity contribution in [1.29, 1.82) is 0 Å². The Morgan fingerprint density at radius 3 is 2.57 bits per heavy atom. The maximum Gasteiger partial charge on any atom is 0.412 e. The zero-order valence-corrected chi connectivity index (χ0v) is 12.8. The molecule has 1 amide bonds. The average Bonchev–Trinajstić information content (AvgIpc) is 2.66. The van der Waals surface area contributed by atoms with Gasteiger partial charge >= 0.3 is 6.09 Å². The predicted octanol–water partition coefficient (Wildman–Crippen LogP) is 3.20. The van der Waals surface area contributed by atoms with E-state index < -0.39 is 6.09 Å². The van der Waals surface area contributed by atoms with Gasteiger partial charge in [-0.1, -0.05) is 23.4 Å². The Balaban J connectivity index is 2.66. The minimum absolute atomic E-state index is 0.0939. The molecule has 0 atom stereocenters. The number of allylic oxidation sites excluding steroid dienone is 3. The molecule has 0 aliphatic carbocycles. The van der Waals surface area contributed by atoms with Crippen LogP contribution in [0.5, 0.6) is 0 Å². The molecule has 0 bridgehead atoms. The summed E-state index contributed by atoms with van der Waals surface area (Å²) < 4.78 is 10.1. The topological polar surface area (TPSA) is 90.4 Å². The van der Waals surface area contributed by atoms with Crippen molar-refractivity contribution >= 4 is 11.8 Å². The first-order valence-electron chi connectivity index (χ1n) is 6.46. The van der Waals surface area contributed by atoms with Crippen molar-refractivity contribution < 1.29 is 14.1 Å². The van der Waals surface area contributed by atoms with Gasteiger partial charge in [-0.3, -0.25) is 5.32 Å². The van der Waals surface area contributed by atoms with Gasteiger partial charge in [0, 0.05) is 5.70 Å². The average molecular weight is 291 g/mol. The minimum Gasteiger partial charge on any atom is -0.444 e. The van der Waals surface area contributed by atoms with E-state index in [2.05, 4.69) is 17.1 Å². The second-order valence-electron chi connectivity index (χ2n) is 4.85. The van der Waals surface area contributed by atoms with Crippen LogP contribution < -0.4 is 11.1 Å². The molecule has 0 unspecified atom stereocenters. The number of hydrogen-bond donors (Lipinski definition) is 2. The van der Waals surface area contributed by atoms with Crippen LogP contribution in [-0.2, 0) is 4.74 Å². The molecular weight excluding hydrogens is 270 g/mol. The van der Waals surface area contributed by atoms with Crippen LogP contribution in [0.4, 0.5) is 10.5 Å². The summed E-state index contributed by atoms with van der Waals surface area (Å²) in [6.45, 7) is 10.9. The molecule has 0 saturated carbocycles. The van der Waals surface area contributed by atoms with Crippen molar-refractivity contribution in [2.45, 2.75) is 27.7 Å². The van der Waals surface area contributed by atoms with Gasteiger partial charge in [0.2, 0.25) is 0 Å². The van der Waals surface area contributed by atoms with Gasteiger partial charge in [0.15, 0.2) is 5.76 Å². The third kappa shape index (κ3) is 5.56. The van der Waals surface area contributed by atoms with Gasteiger partial charge in [0.1, 0.15) is 18.0 Å². The van der Waals surface area contributed by atoms with Gasteiger partial charge in [-0.2, -0.15) is 0 Å². The zero-order chi connectivity index (χ0) is 16.0. The number of nitrogens with zero attached hydrogens (tertiary/aromatic N) is 1. The van der Waals surface area contributed by atoms with E-state index in [9.17, 15) is 4.79 Å². The van der Waals surface area contributed by atoms with Crippen molar-refractivity contribution in [2.75, 3.05) is 11.9 Å². The number of anilines is 1. The largest absolute Gasteiger partial charge is 0.444 e. The molecule has 0 aromatic carbocycles. The SMILES string of the molecule is C=C(C)/C=C(\C=C(\C)N)COC(=O)Nc1c(C)noc1C. The summed E-state index contributed by atoms with van der Waals surface area (Å²) >= 11 is 0. The standard InChI is InChI=1S/C15H21N3O3/c1-9(2)6-13(7-10(3)16)8-20-15(19)17-14-11(4)18-21-12(14)5/h6-7H,1,8,16H2,2-5H3,(H,17,19)/b10-7-,13-6+. The molecule has 6 heteroatoms. The Morgan fingerprint density at radius 2 is 2.10 bits per heavy atom. The fourth-order valence-electron chi connectivity index (χ4n) is 1.68. The van der Waals surface area contributed by atoms with E-state index >= 15 is 0 Å². The summed E-state index contributed by atoms with van der Waals surface area (Å²) in [5.74, 6) is 0.528. The molecular formula is C15H21N3O3. The van der Waals surface area contributed by atoms with Crippen LogP contribution in [0.25, 0.3) is 0 Å². The molecule has 21 heavy (non-hydrogen) atoms. The Hall–Kier alpha value is -2.50. The number of aromatic nitrogens is 1. The van der Waals surface area contributed by atoms with E-state index in [0.29, 0.717) is 22.8 Å². The third-order valence-corrected chi connectivity index (χ3v) is 2.48. The molecule has 0 spiro atoms. The highest BCUT2D eigenvalue weighted by Gasteiger charge is 2.13. The van der Waals surface area contributed by atoms with E-state index in [1.165, 1.54) is 0 Å². The second kappa shape index (κ2) is 7.33. The monoisotopic (exact) mass is 291 g/mol. The van der Waals surface area contributed by atoms with Gasteiger partial charge in [-0.05, 0) is 39.3 Å². The molecule has 1 aromatic rings. The Bertz CT molecular complexity index is 574.